The molecule has 2 fully saturated rings. The Morgan fingerprint density at radius 1 is 0.979 bits per heavy atom. The van der Waals surface area contributed by atoms with E-state index in [2.05, 4.69) is 22.1 Å². The fourth-order valence-electron chi connectivity index (χ4n) is 6.69. The number of dihydropyridines is 1. The lowest BCUT2D eigenvalue weighted by atomic mass is 9.78. The monoisotopic (exact) mass is 717 g/mol. The van der Waals surface area contributed by atoms with Gasteiger partial charge in [0.15, 0.2) is 0 Å². The van der Waals surface area contributed by atoms with Crippen molar-refractivity contribution in [1.29, 1.82) is 0 Å². The number of aryl methyl sites for hydroxylation is 1. The van der Waals surface area contributed by atoms with E-state index in [0.717, 1.165) is 31.1 Å². The number of ether oxygens (including phenoxy) is 2. The molecule has 48 heavy (non-hydrogen) atoms. The normalized spacial score (nSPS) is 20.3. The third kappa shape index (κ3) is 8.22. The number of rotatable bonds is 12. The van der Waals surface area contributed by atoms with Gasteiger partial charge in [0.25, 0.3) is 0 Å². The fourth-order valence-corrected chi connectivity index (χ4v) is 7.92. The lowest BCUT2D eigenvalue weighted by molar-refractivity contribution is -0.137. The number of methoxy groups -OCH3 is 2. The molecule has 0 saturated carbocycles. The van der Waals surface area contributed by atoms with Crippen LogP contribution in [0.5, 0.6) is 0 Å². The highest BCUT2D eigenvalue weighted by atomic mass is 35.5. The summed E-state index contributed by atoms with van der Waals surface area (Å²) in [6.07, 6.45) is 3.95. The van der Waals surface area contributed by atoms with E-state index in [1.807, 2.05) is 10.3 Å². The minimum atomic E-state index is -1.05. The molecule has 1 aromatic carbocycles. The van der Waals surface area contributed by atoms with Crippen LogP contribution in [0.2, 0.25) is 10.0 Å². The molecule has 2 amide bonds. The SMILES string of the molecule is COC(=O)C1=C(CCc2nccs2)NC(CC(=O)N2CCN(CCCN3CC(C)CC3=O)CC2)=C(C(=O)OC)C1c1c(Cl)cccc1Cl. The van der Waals surface area contributed by atoms with E-state index in [0.29, 0.717) is 68.3 Å². The molecule has 258 valence electrons. The van der Waals surface area contributed by atoms with E-state index < -0.39 is 17.9 Å². The van der Waals surface area contributed by atoms with Crippen LogP contribution in [0, 0.1) is 5.92 Å². The second kappa shape index (κ2) is 16.3. The van der Waals surface area contributed by atoms with Crippen LogP contribution in [0.25, 0.3) is 0 Å². The first-order chi connectivity index (χ1) is 23.1. The smallest absolute Gasteiger partial charge is 0.336 e. The van der Waals surface area contributed by atoms with Crippen LogP contribution in [-0.4, -0.2) is 103 Å². The number of hydrogen-bond acceptors (Lipinski definition) is 10. The molecule has 0 radical (unpaired) electrons. The highest BCUT2D eigenvalue weighted by Gasteiger charge is 2.42. The first-order valence-corrected chi connectivity index (χ1v) is 17.7. The maximum absolute atomic E-state index is 13.9. The molecule has 14 heteroatoms. The van der Waals surface area contributed by atoms with Crippen molar-refractivity contribution in [3.63, 3.8) is 0 Å². The maximum atomic E-state index is 13.9. The van der Waals surface area contributed by atoms with Crippen molar-refractivity contribution < 1.29 is 28.7 Å². The second-order valence-electron chi connectivity index (χ2n) is 12.3. The van der Waals surface area contributed by atoms with Crippen LogP contribution < -0.4 is 5.32 Å². The van der Waals surface area contributed by atoms with Gasteiger partial charge in [-0.3, -0.25) is 14.5 Å². The number of benzene rings is 1. The van der Waals surface area contributed by atoms with Gasteiger partial charge in [0.05, 0.1) is 42.7 Å². The number of likely N-dealkylation sites (tertiary alicyclic amines) is 1. The summed E-state index contributed by atoms with van der Waals surface area (Å²) in [5.41, 5.74) is 1.40. The van der Waals surface area contributed by atoms with Crippen molar-refractivity contribution in [2.24, 2.45) is 5.92 Å². The number of hydrogen-bond donors (Lipinski definition) is 1. The third-order valence-corrected chi connectivity index (χ3v) is 10.6. The number of allylic oxidation sites excluding steroid dienone is 1. The largest absolute Gasteiger partial charge is 0.466 e. The Balaban J connectivity index is 1.38. The molecule has 1 aromatic heterocycles. The number of thiazole rings is 1. The van der Waals surface area contributed by atoms with Gasteiger partial charge in [0, 0.05) is 90.7 Å². The average Bonchev–Trinajstić information content (AvgIpc) is 3.71. The quantitative estimate of drug-likeness (QED) is 0.318. The summed E-state index contributed by atoms with van der Waals surface area (Å²) >= 11 is 14.9. The zero-order valence-electron chi connectivity index (χ0n) is 27.4. The van der Waals surface area contributed by atoms with Crippen molar-refractivity contribution in [2.75, 3.05) is 60.0 Å². The summed E-state index contributed by atoms with van der Waals surface area (Å²) in [4.78, 5) is 63.5. The lowest BCUT2D eigenvalue weighted by Crippen LogP contribution is -2.49. The molecule has 0 spiro atoms. The van der Waals surface area contributed by atoms with Crippen molar-refractivity contribution in [1.82, 2.24) is 25.0 Å². The molecule has 11 nitrogen and oxygen atoms in total. The van der Waals surface area contributed by atoms with Gasteiger partial charge >= 0.3 is 11.9 Å². The van der Waals surface area contributed by atoms with Gasteiger partial charge in [-0.2, -0.15) is 0 Å². The molecule has 3 aliphatic heterocycles. The highest BCUT2D eigenvalue weighted by molar-refractivity contribution is 7.09. The van der Waals surface area contributed by atoms with E-state index >= 15 is 0 Å². The molecule has 2 saturated heterocycles. The summed E-state index contributed by atoms with van der Waals surface area (Å²) in [6, 6.07) is 4.95. The van der Waals surface area contributed by atoms with Crippen LogP contribution in [0.15, 0.2) is 52.3 Å². The van der Waals surface area contributed by atoms with Gasteiger partial charge in [-0.25, -0.2) is 14.6 Å². The number of carbonyl (C=O) groups is 4. The topological polar surface area (TPSA) is 121 Å². The fraction of sp³-hybridized carbons (Fsp3) is 0.500. The van der Waals surface area contributed by atoms with E-state index in [1.54, 1.807) is 29.3 Å². The lowest BCUT2D eigenvalue weighted by Gasteiger charge is -2.36. The summed E-state index contributed by atoms with van der Waals surface area (Å²) < 4.78 is 10.5. The van der Waals surface area contributed by atoms with E-state index in [4.69, 9.17) is 32.7 Å². The highest BCUT2D eigenvalue weighted by Crippen LogP contribution is 2.46. The van der Waals surface area contributed by atoms with Gasteiger partial charge in [-0.1, -0.05) is 36.2 Å². The average molecular weight is 719 g/mol. The van der Waals surface area contributed by atoms with Crippen LogP contribution in [0.1, 0.15) is 49.1 Å². The van der Waals surface area contributed by atoms with Crippen molar-refractivity contribution >= 4 is 58.3 Å². The Morgan fingerprint density at radius 2 is 1.65 bits per heavy atom. The summed E-state index contributed by atoms with van der Waals surface area (Å²) in [7, 11) is 2.52. The first kappa shape index (κ1) is 35.8. The number of nitrogens with zero attached hydrogens (tertiary/aromatic N) is 4. The summed E-state index contributed by atoms with van der Waals surface area (Å²) in [6.45, 7) is 6.99. The zero-order chi connectivity index (χ0) is 34.4. The first-order valence-electron chi connectivity index (χ1n) is 16.1. The number of piperazine rings is 1. The van der Waals surface area contributed by atoms with Crippen LogP contribution in [0.3, 0.4) is 0 Å². The molecular formula is C34H41Cl2N5O6S. The zero-order valence-corrected chi connectivity index (χ0v) is 29.8. The molecule has 3 aliphatic rings. The number of esters is 2. The molecule has 0 aliphatic carbocycles. The van der Waals surface area contributed by atoms with E-state index in [-0.39, 0.29) is 39.4 Å². The van der Waals surface area contributed by atoms with Gasteiger partial charge in [-0.05, 0) is 37.4 Å². The standard InChI is InChI=1S/C34H41Cl2N5O6S/c1-21-18-27(42)41(20-21)12-5-11-39-13-15-40(16-14-39)28(43)19-25-31(34(45)47-3)32(29-22(35)6-4-7-23(29)36)30(33(44)46-2)24(38-25)8-9-26-37-10-17-48-26/h4,6-7,10,17,21,32,38H,5,8-9,11-16,18-20H2,1-3H3. The number of carbonyl (C=O) groups excluding carboxylic acids is 4. The van der Waals surface area contributed by atoms with E-state index in [9.17, 15) is 19.2 Å². The Labute approximate surface area is 294 Å². The van der Waals surface area contributed by atoms with Gasteiger partial charge in [0.2, 0.25) is 11.8 Å². The van der Waals surface area contributed by atoms with Crippen molar-refractivity contribution in [3.8, 4) is 0 Å². The van der Waals surface area contributed by atoms with Gasteiger partial charge in [-0.15, -0.1) is 11.3 Å². The van der Waals surface area contributed by atoms with Crippen LogP contribution >= 0.6 is 34.5 Å². The molecule has 0 bridgehead atoms. The number of halogens is 2. The second-order valence-corrected chi connectivity index (χ2v) is 14.1. The predicted octanol–water partition coefficient (Wildman–Crippen LogP) is 4.42. The van der Waals surface area contributed by atoms with Crippen molar-refractivity contribution in [2.45, 2.75) is 44.9 Å². The Kier molecular flexibility index (Phi) is 12.2. The molecule has 1 N–H and O–H groups in total. The Bertz CT molecular complexity index is 1570. The number of amides is 2. The number of aromatic nitrogens is 1. The molecule has 2 atom stereocenters. The molecule has 4 heterocycles. The molecular weight excluding hydrogens is 677 g/mol. The van der Waals surface area contributed by atoms with Crippen LogP contribution in [-0.2, 0) is 35.1 Å². The molecule has 2 aromatic rings. The van der Waals surface area contributed by atoms with Gasteiger partial charge in [0.1, 0.15) is 0 Å². The van der Waals surface area contributed by atoms with E-state index in [1.165, 1.54) is 25.6 Å². The Morgan fingerprint density at radius 3 is 2.23 bits per heavy atom. The summed E-state index contributed by atoms with van der Waals surface area (Å²) in [5.74, 6) is -1.96. The minimum absolute atomic E-state index is 0.0728. The molecule has 2 unspecified atom stereocenters. The van der Waals surface area contributed by atoms with Gasteiger partial charge < -0.3 is 24.6 Å². The third-order valence-electron chi connectivity index (χ3n) is 9.06. The summed E-state index contributed by atoms with van der Waals surface area (Å²) in [5, 5.41) is 6.52. The minimum Gasteiger partial charge on any atom is -0.466 e. The molecule has 5 rings (SSSR count). The van der Waals surface area contributed by atoms with Crippen LogP contribution in [0.4, 0.5) is 0 Å². The van der Waals surface area contributed by atoms with Crippen molar-refractivity contribution in [3.05, 3.63) is 72.9 Å². The number of nitrogens with one attached hydrogen (secondary N) is 1. The Hall–Kier alpha value is -3.45. The maximum Gasteiger partial charge on any atom is 0.336 e. The predicted molar refractivity (Wildman–Crippen MR) is 183 cm³/mol.